The van der Waals surface area contributed by atoms with Crippen LogP contribution < -0.4 is 4.90 Å². The van der Waals surface area contributed by atoms with Gasteiger partial charge in [-0.1, -0.05) is 12.1 Å². The summed E-state index contributed by atoms with van der Waals surface area (Å²) >= 11 is 0. The summed E-state index contributed by atoms with van der Waals surface area (Å²) in [5.41, 5.74) is 1.74. The molecule has 0 aliphatic carbocycles. The Bertz CT molecular complexity index is 780. The van der Waals surface area contributed by atoms with E-state index in [0.29, 0.717) is 12.1 Å². The van der Waals surface area contributed by atoms with Crippen LogP contribution in [0.15, 0.2) is 35.5 Å². The van der Waals surface area contributed by atoms with Gasteiger partial charge in [0.05, 0.1) is 32.8 Å². The Morgan fingerprint density at radius 2 is 1.64 bits per heavy atom. The number of carbonyl (C=O) groups excluding carboxylic acids is 3. The fourth-order valence-corrected chi connectivity index (χ4v) is 3.39. The Kier molecular flexibility index (Phi) is 6.30. The first-order chi connectivity index (χ1) is 13.5. The van der Waals surface area contributed by atoms with Gasteiger partial charge in [-0.2, -0.15) is 0 Å². The molecule has 0 aromatic heterocycles. The quantitative estimate of drug-likeness (QED) is 0.702. The maximum absolute atomic E-state index is 12.3. The van der Waals surface area contributed by atoms with Gasteiger partial charge in [-0.15, -0.1) is 0 Å². The second-order valence-corrected chi connectivity index (χ2v) is 6.65. The van der Waals surface area contributed by atoms with Crippen LogP contribution in [-0.2, 0) is 35.0 Å². The average molecular weight is 388 g/mol. The van der Waals surface area contributed by atoms with Crippen LogP contribution in [0.1, 0.15) is 18.4 Å². The van der Waals surface area contributed by atoms with E-state index in [1.54, 1.807) is 17.0 Å². The fraction of sp³-hybridized carbons (Fsp3) is 0.450. The van der Waals surface area contributed by atoms with Crippen molar-refractivity contribution in [1.82, 2.24) is 4.90 Å². The number of nitrogens with zero attached hydrogens (tertiary/aromatic N) is 2. The zero-order valence-corrected chi connectivity index (χ0v) is 16.1. The highest BCUT2D eigenvalue weighted by molar-refractivity contribution is 6.03. The lowest BCUT2D eigenvalue weighted by Crippen LogP contribution is -2.38. The van der Waals surface area contributed by atoms with Gasteiger partial charge in [0.1, 0.15) is 12.4 Å². The Hall–Kier alpha value is -2.87. The second-order valence-electron chi connectivity index (χ2n) is 6.65. The minimum atomic E-state index is -0.642. The van der Waals surface area contributed by atoms with Gasteiger partial charge in [0, 0.05) is 18.8 Å². The summed E-state index contributed by atoms with van der Waals surface area (Å²) in [6, 6.07) is 7.26. The van der Waals surface area contributed by atoms with E-state index in [9.17, 15) is 14.4 Å². The van der Waals surface area contributed by atoms with Crippen molar-refractivity contribution in [3.05, 3.63) is 41.1 Å². The molecule has 2 heterocycles. The third-order valence-electron chi connectivity index (χ3n) is 4.90. The highest BCUT2D eigenvalue weighted by Crippen LogP contribution is 2.27. The average Bonchev–Trinajstić information content (AvgIpc) is 3.27. The molecule has 0 atom stereocenters. The number of ether oxygens (including phenoxy) is 3. The molecule has 1 fully saturated rings. The number of rotatable bonds is 5. The standard InChI is InChI=1S/C20H24N2O6/c1-26-19(24)16-12-28-13-22(18(16)20(25)27-2)15-7-5-14(6-8-15)11-17(23)21-9-3-4-10-21/h5-8H,3-4,9-13H2,1-2H3. The van der Waals surface area contributed by atoms with Crippen molar-refractivity contribution >= 4 is 23.5 Å². The Balaban J connectivity index is 1.81. The summed E-state index contributed by atoms with van der Waals surface area (Å²) in [6.45, 7) is 1.71. The van der Waals surface area contributed by atoms with Gasteiger partial charge in [0.2, 0.25) is 5.91 Å². The van der Waals surface area contributed by atoms with Crippen LogP contribution >= 0.6 is 0 Å². The van der Waals surface area contributed by atoms with E-state index in [2.05, 4.69) is 0 Å². The molecule has 0 bridgehead atoms. The van der Waals surface area contributed by atoms with Crippen molar-refractivity contribution in [3.63, 3.8) is 0 Å². The van der Waals surface area contributed by atoms with Gasteiger partial charge in [0.25, 0.3) is 0 Å². The largest absolute Gasteiger partial charge is 0.466 e. The number of benzene rings is 1. The topological polar surface area (TPSA) is 85.4 Å². The van der Waals surface area contributed by atoms with Crippen LogP contribution in [0.5, 0.6) is 0 Å². The highest BCUT2D eigenvalue weighted by atomic mass is 16.5. The van der Waals surface area contributed by atoms with Gasteiger partial charge in [-0.25, -0.2) is 9.59 Å². The lowest BCUT2D eigenvalue weighted by atomic mass is 10.1. The van der Waals surface area contributed by atoms with Gasteiger partial charge < -0.3 is 24.0 Å². The zero-order chi connectivity index (χ0) is 20.1. The van der Waals surface area contributed by atoms with Gasteiger partial charge in [-0.05, 0) is 30.5 Å². The van der Waals surface area contributed by atoms with Crippen molar-refractivity contribution in [2.24, 2.45) is 0 Å². The normalized spacial score (nSPS) is 16.9. The summed E-state index contributed by atoms with van der Waals surface area (Å²) in [7, 11) is 2.50. The van der Waals surface area contributed by atoms with E-state index in [1.807, 2.05) is 17.0 Å². The predicted molar refractivity (Wildman–Crippen MR) is 100 cm³/mol. The molecule has 1 aromatic rings. The summed E-state index contributed by atoms with van der Waals surface area (Å²) in [5, 5.41) is 0. The summed E-state index contributed by atoms with van der Waals surface area (Å²) < 4.78 is 15.1. The van der Waals surface area contributed by atoms with Crippen LogP contribution in [-0.4, -0.2) is 63.4 Å². The molecular formula is C20H24N2O6. The molecule has 1 aromatic carbocycles. The summed E-state index contributed by atoms with van der Waals surface area (Å²) in [4.78, 5) is 40.1. The van der Waals surface area contributed by atoms with E-state index < -0.39 is 11.9 Å². The van der Waals surface area contributed by atoms with Crippen molar-refractivity contribution in [2.75, 3.05) is 45.5 Å². The molecule has 0 radical (unpaired) electrons. The highest BCUT2D eigenvalue weighted by Gasteiger charge is 2.32. The third-order valence-corrected chi connectivity index (χ3v) is 4.90. The fourth-order valence-electron chi connectivity index (χ4n) is 3.39. The number of methoxy groups -OCH3 is 2. The Morgan fingerprint density at radius 1 is 1.00 bits per heavy atom. The lowest BCUT2D eigenvalue weighted by molar-refractivity contribution is -0.140. The van der Waals surface area contributed by atoms with E-state index in [1.165, 1.54) is 14.2 Å². The van der Waals surface area contributed by atoms with Gasteiger partial charge in [0.15, 0.2) is 0 Å². The van der Waals surface area contributed by atoms with E-state index >= 15 is 0 Å². The number of anilines is 1. The molecule has 8 nitrogen and oxygen atoms in total. The van der Waals surface area contributed by atoms with Crippen molar-refractivity contribution < 1.29 is 28.6 Å². The minimum Gasteiger partial charge on any atom is -0.466 e. The van der Waals surface area contributed by atoms with Crippen LogP contribution in [0.2, 0.25) is 0 Å². The van der Waals surface area contributed by atoms with Crippen molar-refractivity contribution in [3.8, 4) is 0 Å². The van der Waals surface area contributed by atoms with Crippen molar-refractivity contribution in [1.29, 1.82) is 0 Å². The van der Waals surface area contributed by atoms with Gasteiger partial charge >= 0.3 is 11.9 Å². The summed E-state index contributed by atoms with van der Waals surface area (Å²) in [5.74, 6) is -1.16. The van der Waals surface area contributed by atoms with Crippen LogP contribution in [0.25, 0.3) is 0 Å². The molecule has 150 valence electrons. The molecule has 1 saturated heterocycles. The number of esters is 2. The van der Waals surface area contributed by atoms with Crippen LogP contribution in [0.4, 0.5) is 5.69 Å². The first-order valence-electron chi connectivity index (χ1n) is 9.17. The smallest absolute Gasteiger partial charge is 0.355 e. The molecule has 2 aliphatic rings. The van der Waals surface area contributed by atoms with Crippen molar-refractivity contribution in [2.45, 2.75) is 19.3 Å². The van der Waals surface area contributed by atoms with E-state index in [-0.39, 0.29) is 30.5 Å². The molecule has 28 heavy (non-hydrogen) atoms. The number of hydrogen-bond acceptors (Lipinski definition) is 7. The van der Waals surface area contributed by atoms with Crippen LogP contribution in [0.3, 0.4) is 0 Å². The Labute approximate surface area is 163 Å². The number of hydrogen-bond donors (Lipinski definition) is 0. The third kappa shape index (κ3) is 4.17. The Morgan fingerprint density at radius 3 is 2.25 bits per heavy atom. The molecule has 0 saturated carbocycles. The number of likely N-dealkylation sites (tertiary alicyclic amines) is 1. The first kappa shape index (κ1) is 19.9. The summed E-state index contributed by atoms with van der Waals surface area (Å²) in [6.07, 6.45) is 2.46. The SMILES string of the molecule is COC(=O)C1=C(C(=O)OC)N(c2ccc(CC(=O)N3CCCC3)cc2)COC1. The maximum atomic E-state index is 12.3. The molecule has 3 rings (SSSR count). The monoisotopic (exact) mass is 388 g/mol. The molecule has 0 N–H and O–H groups in total. The molecule has 1 amide bonds. The zero-order valence-electron chi connectivity index (χ0n) is 16.1. The second kappa shape index (κ2) is 8.88. The minimum absolute atomic E-state index is 0.0317. The molecule has 0 unspecified atom stereocenters. The molecular weight excluding hydrogens is 364 g/mol. The van der Waals surface area contributed by atoms with Crippen LogP contribution in [0, 0.1) is 0 Å². The van der Waals surface area contributed by atoms with E-state index in [4.69, 9.17) is 14.2 Å². The molecule has 0 spiro atoms. The maximum Gasteiger partial charge on any atom is 0.355 e. The predicted octanol–water partition coefficient (Wildman–Crippen LogP) is 1.25. The number of carbonyl (C=O) groups is 3. The van der Waals surface area contributed by atoms with E-state index in [0.717, 1.165) is 31.5 Å². The number of amides is 1. The lowest BCUT2D eigenvalue weighted by Gasteiger charge is -2.31. The van der Waals surface area contributed by atoms with Gasteiger partial charge in [-0.3, -0.25) is 4.79 Å². The molecule has 2 aliphatic heterocycles. The first-order valence-corrected chi connectivity index (χ1v) is 9.17. The molecule has 8 heteroatoms.